The zero-order chi connectivity index (χ0) is 19.5. The average molecular weight is 457 g/mol. The summed E-state index contributed by atoms with van der Waals surface area (Å²) < 4.78 is 12.7. The highest BCUT2D eigenvalue weighted by molar-refractivity contribution is 9.10. The average Bonchev–Trinajstić information content (AvgIpc) is 2.65. The summed E-state index contributed by atoms with van der Waals surface area (Å²) in [7, 11) is 0. The first kappa shape index (κ1) is 22.0. The number of rotatable bonds is 12. The van der Waals surface area contributed by atoms with Gasteiger partial charge in [-0.1, -0.05) is 29.8 Å². The van der Waals surface area contributed by atoms with Crippen molar-refractivity contribution in [3.63, 3.8) is 0 Å². The number of unbranched alkanes of at least 4 members (excludes halogenated alkanes) is 2. The Kier molecular flexibility index (Phi) is 9.98. The lowest BCUT2D eigenvalue weighted by Crippen LogP contribution is -2.15. The van der Waals surface area contributed by atoms with Gasteiger partial charge in [0.2, 0.25) is 0 Å². The van der Waals surface area contributed by atoms with Crippen LogP contribution >= 0.6 is 27.5 Å². The van der Waals surface area contributed by atoms with Gasteiger partial charge in [0.15, 0.2) is 11.5 Å². The molecule has 148 valence electrons. The molecule has 0 radical (unpaired) electrons. The molecule has 0 saturated heterocycles. The van der Waals surface area contributed by atoms with Gasteiger partial charge in [-0.3, -0.25) is 0 Å². The standard InChI is InChI=1S/C21H27BrClNO3/c1-2-26-20-13-16(14-24-10-6-3-7-11-25)12-18(22)21(20)27-15-17-8-4-5-9-19(17)23/h4-5,8-9,12-13,24-25H,2-3,6-7,10-11,14-15H2,1H3. The number of nitrogens with one attached hydrogen (secondary N) is 1. The van der Waals surface area contributed by atoms with E-state index >= 15 is 0 Å². The quantitative estimate of drug-likeness (QED) is 0.424. The number of benzene rings is 2. The van der Waals surface area contributed by atoms with Crippen LogP contribution in [0.5, 0.6) is 11.5 Å². The van der Waals surface area contributed by atoms with Crippen LogP contribution in [0.4, 0.5) is 0 Å². The molecule has 0 bridgehead atoms. The van der Waals surface area contributed by atoms with Crippen LogP contribution in [0.15, 0.2) is 40.9 Å². The molecular weight excluding hydrogens is 430 g/mol. The molecule has 2 rings (SSSR count). The molecule has 0 aliphatic carbocycles. The van der Waals surface area contributed by atoms with Crippen molar-refractivity contribution in [2.45, 2.75) is 39.3 Å². The Morgan fingerprint density at radius 3 is 2.67 bits per heavy atom. The smallest absolute Gasteiger partial charge is 0.175 e. The van der Waals surface area contributed by atoms with Crippen molar-refractivity contribution in [2.75, 3.05) is 19.8 Å². The second-order valence-electron chi connectivity index (χ2n) is 6.18. The monoisotopic (exact) mass is 455 g/mol. The Balaban J connectivity index is 2.01. The fraction of sp³-hybridized carbons (Fsp3) is 0.429. The SMILES string of the molecule is CCOc1cc(CNCCCCCO)cc(Br)c1OCc1ccccc1Cl. The van der Waals surface area contributed by atoms with Crippen LogP contribution < -0.4 is 14.8 Å². The molecule has 27 heavy (non-hydrogen) atoms. The lowest BCUT2D eigenvalue weighted by molar-refractivity contribution is 0.267. The summed E-state index contributed by atoms with van der Waals surface area (Å²) in [5, 5.41) is 12.9. The van der Waals surface area contributed by atoms with E-state index < -0.39 is 0 Å². The van der Waals surface area contributed by atoms with Crippen LogP contribution in [0, 0.1) is 0 Å². The highest BCUT2D eigenvalue weighted by Gasteiger charge is 2.13. The molecule has 2 aromatic rings. The number of aliphatic hydroxyl groups is 1. The van der Waals surface area contributed by atoms with Crippen molar-refractivity contribution in [3.8, 4) is 11.5 Å². The molecule has 0 heterocycles. The topological polar surface area (TPSA) is 50.7 Å². The second-order valence-corrected chi connectivity index (χ2v) is 7.44. The molecule has 0 saturated carbocycles. The maximum absolute atomic E-state index is 8.81. The number of halogens is 2. The third kappa shape index (κ3) is 7.34. The summed E-state index contributed by atoms with van der Waals surface area (Å²) in [4.78, 5) is 0. The molecule has 2 aromatic carbocycles. The zero-order valence-electron chi connectivity index (χ0n) is 15.6. The predicted molar refractivity (Wildman–Crippen MR) is 114 cm³/mol. The van der Waals surface area contributed by atoms with Gasteiger partial charge in [-0.2, -0.15) is 0 Å². The molecular formula is C21H27BrClNO3. The zero-order valence-corrected chi connectivity index (χ0v) is 18.0. The second kappa shape index (κ2) is 12.2. The summed E-state index contributed by atoms with van der Waals surface area (Å²) in [5.74, 6) is 1.40. The van der Waals surface area contributed by atoms with Gasteiger partial charge in [0.05, 0.1) is 11.1 Å². The van der Waals surface area contributed by atoms with Crippen LogP contribution in [0.3, 0.4) is 0 Å². The molecule has 0 atom stereocenters. The lowest BCUT2D eigenvalue weighted by Gasteiger charge is -2.16. The number of aliphatic hydroxyl groups excluding tert-OH is 1. The van der Waals surface area contributed by atoms with Crippen LogP contribution in [0.25, 0.3) is 0 Å². The van der Waals surface area contributed by atoms with Gasteiger partial charge >= 0.3 is 0 Å². The van der Waals surface area contributed by atoms with Crippen molar-refractivity contribution in [3.05, 3.63) is 57.0 Å². The largest absolute Gasteiger partial charge is 0.490 e. The van der Waals surface area contributed by atoms with E-state index in [0.29, 0.717) is 24.0 Å². The van der Waals surface area contributed by atoms with Crippen LogP contribution in [0.1, 0.15) is 37.3 Å². The van der Waals surface area contributed by atoms with Gasteiger partial charge in [0.1, 0.15) is 6.61 Å². The Labute approximate surface area is 175 Å². The van der Waals surface area contributed by atoms with E-state index in [1.165, 1.54) is 0 Å². The Bertz CT molecular complexity index is 712. The van der Waals surface area contributed by atoms with Crippen LogP contribution in [0.2, 0.25) is 5.02 Å². The summed E-state index contributed by atoms with van der Waals surface area (Å²) in [5.41, 5.74) is 2.06. The van der Waals surface area contributed by atoms with Crippen molar-refractivity contribution >= 4 is 27.5 Å². The van der Waals surface area contributed by atoms with Gasteiger partial charge in [-0.25, -0.2) is 0 Å². The minimum atomic E-state index is 0.264. The van der Waals surface area contributed by atoms with E-state index in [1.807, 2.05) is 43.3 Å². The molecule has 0 aromatic heterocycles. The van der Waals surface area contributed by atoms with Gasteiger partial charge in [-0.15, -0.1) is 0 Å². The fourth-order valence-electron chi connectivity index (χ4n) is 2.66. The lowest BCUT2D eigenvalue weighted by atomic mass is 10.2. The molecule has 0 fully saturated rings. The Morgan fingerprint density at radius 1 is 1.11 bits per heavy atom. The van der Waals surface area contributed by atoms with Crippen molar-refractivity contribution in [1.29, 1.82) is 0 Å². The number of ether oxygens (including phenoxy) is 2. The summed E-state index contributed by atoms with van der Waals surface area (Å²) in [6, 6.07) is 11.7. The van der Waals surface area contributed by atoms with E-state index in [2.05, 4.69) is 21.2 Å². The fourth-order valence-corrected chi connectivity index (χ4v) is 3.46. The molecule has 0 aliphatic heterocycles. The molecule has 0 amide bonds. The predicted octanol–water partition coefficient (Wildman–Crippen LogP) is 5.33. The molecule has 0 aliphatic rings. The molecule has 0 spiro atoms. The van der Waals surface area contributed by atoms with Crippen molar-refractivity contribution < 1.29 is 14.6 Å². The maximum Gasteiger partial charge on any atom is 0.175 e. The third-order valence-electron chi connectivity index (χ3n) is 4.04. The van der Waals surface area contributed by atoms with E-state index in [1.54, 1.807) is 0 Å². The van der Waals surface area contributed by atoms with E-state index in [4.69, 9.17) is 26.2 Å². The first-order valence-corrected chi connectivity index (χ1v) is 10.5. The van der Waals surface area contributed by atoms with Gasteiger partial charge in [-0.05, 0) is 72.4 Å². The van der Waals surface area contributed by atoms with E-state index in [9.17, 15) is 0 Å². The van der Waals surface area contributed by atoms with Crippen LogP contribution in [-0.2, 0) is 13.2 Å². The number of hydrogen-bond donors (Lipinski definition) is 2. The third-order valence-corrected chi connectivity index (χ3v) is 5.00. The summed E-state index contributed by atoms with van der Waals surface area (Å²) in [6.45, 7) is 4.83. The first-order chi connectivity index (χ1) is 13.2. The van der Waals surface area contributed by atoms with Crippen molar-refractivity contribution in [1.82, 2.24) is 5.32 Å². The Morgan fingerprint density at radius 2 is 1.93 bits per heavy atom. The molecule has 6 heteroatoms. The minimum Gasteiger partial charge on any atom is -0.490 e. The van der Waals surface area contributed by atoms with Gasteiger partial charge < -0.3 is 19.9 Å². The van der Waals surface area contributed by atoms with Crippen molar-refractivity contribution in [2.24, 2.45) is 0 Å². The summed E-state index contributed by atoms with van der Waals surface area (Å²) in [6.07, 6.45) is 2.95. The minimum absolute atomic E-state index is 0.264. The highest BCUT2D eigenvalue weighted by atomic mass is 79.9. The van der Waals surface area contributed by atoms with E-state index in [0.717, 1.165) is 53.7 Å². The maximum atomic E-state index is 8.81. The molecule has 0 unspecified atom stereocenters. The molecule has 4 nitrogen and oxygen atoms in total. The van der Waals surface area contributed by atoms with Crippen LogP contribution in [-0.4, -0.2) is 24.9 Å². The first-order valence-electron chi connectivity index (χ1n) is 9.28. The van der Waals surface area contributed by atoms with Gasteiger partial charge in [0, 0.05) is 23.7 Å². The summed E-state index contributed by atoms with van der Waals surface area (Å²) >= 11 is 9.82. The Hall–Kier alpha value is -1.27. The highest BCUT2D eigenvalue weighted by Crippen LogP contribution is 2.37. The molecule has 2 N–H and O–H groups in total. The van der Waals surface area contributed by atoms with E-state index in [-0.39, 0.29) is 6.61 Å². The van der Waals surface area contributed by atoms with Gasteiger partial charge in [0.25, 0.3) is 0 Å². The number of hydrogen-bond acceptors (Lipinski definition) is 4. The normalized spacial score (nSPS) is 10.8.